The first-order valence-corrected chi connectivity index (χ1v) is 8.03. The number of likely N-dealkylation sites (N-methyl/N-ethyl adjacent to an activating group) is 1. The number of nitrogens with zero attached hydrogens (tertiary/aromatic N) is 2. The number of nitro groups is 1. The van der Waals surface area contributed by atoms with Crippen molar-refractivity contribution in [3.63, 3.8) is 0 Å². The Hall–Kier alpha value is -1.23. The molecule has 0 amide bonds. The van der Waals surface area contributed by atoms with Crippen LogP contribution in [0.4, 0.5) is 10.7 Å². The quantitative estimate of drug-likeness (QED) is 0.597. The van der Waals surface area contributed by atoms with Gasteiger partial charge in [-0.3, -0.25) is 10.1 Å². The molecule has 0 bridgehead atoms. The van der Waals surface area contributed by atoms with Crippen molar-refractivity contribution in [3.05, 3.63) is 16.2 Å². The zero-order chi connectivity index (χ0) is 15.5. The van der Waals surface area contributed by atoms with Crippen molar-refractivity contribution in [1.29, 1.82) is 0 Å². The molecule has 0 aliphatic carbocycles. The molecule has 1 aromatic heterocycles. The SMILES string of the molecule is CC(C)OCCN(C)S(=O)(=O)c1cc([N+](=O)[O-])c(N)s1. The second kappa shape index (κ2) is 6.48. The third-order valence-corrected chi connectivity index (χ3v) is 5.70. The molecule has 114 valence electrons. The Morgan fingerprint density at radius 3 is 2.60 bits per heavy atom. The van der Waals surface area contributed by atoms with Crippen LogP contribution in [-0.4, -0.2) is 43.9 Å². The number of hydrogen-bond donors (Lipinski definition) is 1. The minimum absolute atomic E-state index is 0.00423. The van der Waals surface area contributed by atoms with Crippen molar-refractivity contribution in [2.45, 2.75) is 24.2 Å². The van der Waals surface area contributed by atoms with Gasteiger partial charge in [-0.25, -0.2) is 8.42 Å². The second-order valence-corrected chi connectivity index (χ2v) is 7.67. The molecule has 20 heavy (non-hydrogen) atoms. The van der Waals surface area contributed by atoms with Crippen LogP contribution in [0.25, 0.3) is 0 Å². The highest BCUT2D eigenvalue weighted by Gasteiger charge is 2.28. The largest absolute Gasteiger partial charge is 0.385 e. The summed E-state index contributed by atoms with van der Waals surface area (Å²) in [5.41, 5.74) is 5.06. The Kier molecular flexibility index (Phi) is 5.45. The van der Waals surface area contributed by atoms with Gasteiger partial charge in [0, 0.05) is 19.7 Å². The van der Waals surface area contributed by atoms with Gasteiger partial charge in [0.15, 0.2) is 5.00 Å². The standard InChI is InChI=1S/C10H17N3O5S2/c1-7(2)18-5-4-12(3)20(16,17)9-6-8(13(14)15)10(11)19-9/h6-7H,4-5,11H2,1-3H3. The van der Waals surface area contributed by atoms with E-state index in [1.165, 1.54) is 7.05 Å². The summed E-state index contributed by atoms with van der Waals surface area (Å²) in [5, 5.41) is 10.6. The van der Waals surface area contributed by atoms with E-state index in [4.69, 9.17) is 10.5 Å². The fourth-order valence-electron chi connectivity index (χ4n) is 1.33. The van der Waals surface area contributed by atoms with Crippen molar-refractivity contribution < 1.29 is 18.1 Å². The predicted molar refractivity (Wildman–Crippen MR) is 76.3 cm³/mol. The number of rotatable bonds is 7. The number of sulfonamides is 1. The lowest BCUT2D eigenvalue weighted by molar-refractivity contribution is -0.383. The molecule has 0 saturated carbocycles. The third-order valence-electron chi connectivity index (χ3n) is 2.44. The van der Waals surface area contributed by atoms with E-state index in [-0.39, 0.29) is 34.2 Å². The molecule has 0 fully saturated rings. The normalized spacial score (nSPS) is 12.2. The monoisotopic (exact) mass is 323 g/mol. The van der Waals surface area contributed by atoms with Crippen LogP contribution >= 0.6 is 11.3 Å². The summed E-state index contributed by atoms with van der Waals surface area (Å²) in [6.07, 6.45) is 0.00423. The number of ether oxygens (including phenoxy) is 1. The number of hydrogen-bond acceptors (Lipinski definition) is 7. The Labute approximate surface area is 121 Å². The molecule has 1 aromatic rings. The molecular formula is C10H17N3O5S2. The molecule has 0 aliphatic rings. The molecule has 8 nitrogen and oxygen atoms in total. The first-order valence-electron chi connectivity index (χ1n) is 5.78. The summed E-state index contributed by atoms with van der Waals surface area (Å²) < 4.78 is 30.6. The van der Waals surface area contributed by atoms with E-state index in [0.717, 1.165) is 10.4 Å². The van der Waals surface area contributed by atoms with Gasteiger partial charge in [-0.05, 0) is 13.8 Å². The molecule has 1 rings (SSSR count). The molecule has 0 aromatic carbocycles. The van der Waals surface area contributed by atoms with Gasteiger partial charge in [0.2, 0.25) is 0 Å². The van der Waals surface area contributed by atoms with E-state index < -0.39 is 14.9 Å². The average molecular weight is 323 g/mol. The summed E-state index contributed by atoms with van der Waals surface area (Å²) in [6, 6.07) is 0.981. The summed E-state index contributed by atoms with van der Waals surface area (Å²) in [7, 11) is -2.40. The van der Waals surface area contributed by atoms with Crippen LogP contribution in [0.2, 0.25) is 0 Å². The lowest BCUT2D eigenvalue weighted by Gasteiger charge is -2.16. The molecule has 0 saturated heterocycles. The van der Waals surface area contributed by atoms with Crippen LogP contribution in [0.5, 0.6) is 0 Å². The topological polar surface area (TPSA) is 116 Å². The lowest BCUT2D eigenvalue weighted by atomic mass is 10.5. The summed E-state index contributed by atoms with van der Waals surface area (Å²) >= 11 is 0.683. The van der Waals surface area contributed by atoms with Crippen molar-refractivity contribution in [2.75, 3.05) is 25.9 Å². The van der Waals surface area contributed by atoms with Crippen molar-refractivity contribution in [3.8, 4) is 0 Å². The minimum Gasteiger partial charge on any atom is -0.385 e. The van der Waals surface area contributed by atoms with Gasteiger partial charge in [-0.15, -0.1) is 0 Å². The van der Waals surface area contributed by atoms with E-state index in [0.29, 0.717) is 11.3 Å². The van der Waals surface area contributed by atoms with Crippen LogP contribution in [-0.2, 0) is 14.8 Å². The van der Waals surface area contributed by atoms with Gasteiger partial charge in [0.1, 0.15) is 4.21 Å². The molecule has 0 atom stereocenters. The number of nitrogens with two attached hydrogens (primary N) is 1. The Morgan fingerprint density at radius 1 is 1.55 bits per heavy atom. The number of thiophene rings is 1. The van der Waals surface area contributed by atoms with Crippen LogP contribution in [0.3, 0.4) is 0 Å². The Balaban J connectivity index is 2.87. The first-order chi connectivity index (χ1) is 9.16. The summed E-state index contributed by atoms with van der Waals surface area (Å²) in [6.45, 7) is 4.10. The van der Waals surface area contributed by atoms with Crippen molar-refractivity contribution in [2.24, 2.45) is 0 Å². The highest BCUT2D eigenvalue weighted by molar-refractivity contribution is 7.91. The van der Waals surface area contributed by atoms with Gasteiger partial charge in [0.05, 0.1) is 17.6 Å². The van der Waals surface area contributed by atoms with E-state index in [1.54, 1.807) is 0 Å². The molecular weight excluding hydrogens is 306 g/mol. The van der Waals surface area contributed by atoms with Crippen LogP contribution < -0.4 is 5.73 Å². The highest BCUT2D eigenvalue weighted by atomic mass is 32.2. The van der Waals surface area contributed by atoms with Gasteiger partial charge >= 0.3 is 5.69 Å². The molecule has 0 spiro atoms. The van der Waals surface area contributed by atoms with Gasteiger partial charge in [0.25, 0.3) is 10.0 Å². The number of nitrogen functional groups attached to an aromatic ring is 1. The van der Waals surface area contributed by atoms with Crippen LogP contribution in [0.1, 0.15) is 13.8 Å². The fraction of sp³-hybridized carbons (Fsp3) is 0.600. The fourth-order valence-corrected chi connectivity index (χ4v) is 3.91. The smallest absolute Gasteiger partial charge is 0.304 e. The van der Waals surface area contributed by atoms with E-state index in [2.05, 4.69) is 0 Å². The Bertz CT molecular complexity index is 582. The van der Waals surface area contributed by atoms with Crippen molar-refractivity contribution in [1.82, 2.24) is 4.31 Å². The molecule has 0 aliphatic heterocycles. The van der Waals surface area contributed by atoms with Gasteiger partial charge < -0.3 is 10.5 Å². The Morgan fingerprint density at radius 2 is 2.15 bits per heavy atom. The predicted octanol–water partition coefficient (Wildman–Crippen LogP) is 1.28. The van der Waals surface area contributed by atoms with Crippen molar-refractivity contribution >= 4 is 32.0 Å². The van der Waals surface area contributed by atoms with Crippen LogP contribution in [0.15, 0.2) is 10.3 Å². The zero-order valence-electron chi connectivity index (χ0n) is 11.4. The maximum Gasteiger partial charge on any atom is 0.304 e. The minimum atomic E-state index is -3.78. The molecule has 10 heteroatoms. The number of anilines is 1. The maximum absolute atomic E-state index is 12.2. The molecule has 2 N–H and O–H groups in total. The van der Waals surface area contributed by atoms with E-state index in [1.807, 2.05) is 13.8 Å². The summed E-state index contributed by atoms with van der Waals surface area (Å²) in [5.74, 6) is 0. The third kappa shape index (κ3) is 3.88. The molecule has 0 unspecified atom stereocenters. The van der Waals surface area contributed by atoms with Crippen LogP contribution in [0, 0.1) is 10.1 Å². The molecule has 0 radical (unpaired) electrons. The second-order valence-electron chi connectivity index (χ2n) is 4.32. The van der Waals surface area contributed by atoms with Gasteiger partial charge in [-0.1, -0.05) is 11.3 Å². The zero-order valence-corrected chi connectivity index (χ0v) is 13.0. The highest BCUT2D eigenvalue weighted by Crippen LogP contribution is 2.35. The van der Waals surface area contributed by atoms with E-state index in [9.17, 15) is 18.5 Å². The van der Waals surface area contributed by atoms with Gasteiger partial charge in [-0.2, -0.15) is 4.31 Å². The lowest BCUT2D eigenvalue weighted by Crippen LogP contribution is -2.30. The molecule has 1 heterocycles. The first kappa shape index (κ1) is 16.8. The van der Waals surface area contributed by atoms with E-state index >= 15 is 0 Å². The average Bonchev–Trinajstić information content (AvgIpc) is 2.71. The summed E-state index contributed by atoms with van der Waals surface area (Å²) in [4.78, 5) is 9.98. The maximum atomic E-state index is 12.2.